The Morgan fingerprint density at radius 1 is 0.456 bits per heavy atom. The van der Waals surface area contributed by atoms with Gasteiger partial charge in [0.1, 0.15) is 26.4 Å². The standard InChI is InChI=1S/C59H51BN2O4S2/c1-34-26-45-53-46(27-34)62(44-33-50-48(64-23-25-66-50)31-40(44)36-16-12-9-13-17-36)55-42-29-38(59(5,6)7)19-21-52(42)68-57(55)60(53)56-54(41-28-37(58(2,3)4)18-20-51(41)67-56)61(45)43-32-49-47(63-22-24-65-49)30-39(43)35-14-10-8-11-15-35/h8-21,26-33H,22-25H2,1-7H3. The Morgan fingerprint density at radius 3 is 1.25 bits per heavy atom. The predicted octanol–water partition coefficient (Wildman–Crippen LogP) is 14.0. The van der Waals surface area contributed by atoms with Crippen LogP contribution in [0.1, 0.15) is 58.2 Å². The summed E-state index contributed by atoms with van der Waals surface area (Å²) in [5.74, 6) is 3.07. The number of ether oxygens (including phenoxy) is 4. The first-order valence-corrected chi connectivity index (χ1v) is 25.4. The molecule has 9 heteroatoms. The Bertz CT molecular complexity index is 3300. The van der Waals surface area contributed by atoms with Gasteiger partial charge in [-0.15, -0.1) is 22.7 Å². The van der Waals surface area contributed by atoms with E-state index in [9.17, 15) is 0 Å². The van der Waals surface area contributed by atoms with Gasteiger partial charge in [-0.25, -0.2) is 0 Å². The minimum absolute atomic E-state index is 0.0427. The Balaban J connectivity index is 1.19. The lowest BCUT2D eigenvalue weighted by Crippen LogP contribution is -2.59. The van der Waals surface area contributed by atoms with Gasteiger partial charge in [-0.05, 0) is 99.6 Å². The van der Waals surface area contributed by atoms with Gasteiger partial charge >= 0.3 is 0 Å². The zero-order valence-corrected chi connectivity index (χ0v) is 41.1. The minimum atomic E-state index is -0.0504. The van der Waals surface area contributed by atoms with E-state index in [1.165, 1.54) is 63.3 Å². The number of nitrogens with zero attached hydrogens (tertiary/aromatic N) is 2. The monoisotopic (exact) mass is 926 g/mol. The SMILES string of the molecule is Cc1cc2c3c(c1)N(c1cc4c(cc1-c1ccccc1)OCCO4)c1c(sc4ccc(C(C)(C)C)cc14)B3c1sc3ccc(C(C)(C)C)cc3c1N2c1cc2c(cc1-c1ccccc1)OCCO2. The third-order valence-corrected chi connectivity index (χ3v) is 16.6. The van der Waals surface area contributed by atoms with E-state index in [1.807, 2.05) is 22.7 Å². The van der Waals surface area contributed by atoms with E-state index in [2.05, 4.69) is 192 Å². The van der Waals surface area contributed by atoms with Gasteiger partial charge in [0.05, 0.1) is 22.7 Å². The Labute approximate surface area is 406 Å². The molecule has 9 aromatic rings. The van der Waals surface area contributed by atoms with Crippen LogP contribution in [0.15, 0.2) is 133 Å². The number of anilines is 6. The van der Waals surface area contributed by atoms with Crippen molar-refractivity contribution in [2.45, 2.75) is 59.3 Å². The van der Waals surface area contributed by atoms with Crippen molar-refractivity contribution >= 4 is 98.7 Å². The molecule has 6 heterocycles. The normalized spacial score (nSPS) is 14.8. The van der Waals surface area contributed by atoms with Crippen molar-refractivity contribution in [1.82, 2.24) is 0 Å². The van der Waals surface area contributed by atoms with E-state index in [-0.39, 0.29) is 17.5 Å². The summed E-state index contributed by atoms with van der Waals surface area (Å²) in [6.07, 6.45) is 0. The lowest BCUT2D eigenvalue weighted by molar-refractivity contribution is 0.172. The summed E-state index contributed by atoms with van der Waals surface area (Å²) >= 11 is 3.88. The molecule has 0 unspecified atom stereocenters. The van der Waals surface area contributed by atoms with Crippen molar-refractivity contribution in [2.75, 3.05) is 36.2 Å². The molecule has 7 aromatic carbocycles. The van der Waals surface area contributed by atoms with Crippen molar-refractivity contribution < 1.29 is 18.9 Å². The second-order valence-electron chi connectivity index (χ2n) is 20.6. The molecule has 0 fully saturated rings. The molecule has 4 aliphatic rings. The molecule has 0 N–H and O–H groups in total. The fourth-order valence-electron chi connectivity index (χ4n) is 10.8. The van der Waals surface area contributed by atoms with Crippen molar-refractivity contribution in [3.05, 3.63) is 150 Å². The Kier molecular flexibility index (Phi) is 9.26. The number of hydrogen-bond donors (Lipinski definition) is 0. The van der Waals surface area contributed by atoms with E-state index in [0.717, 1.165) is 68.0 Å². The molecule has 336 valence electrons. The quantitative estimate of drug-likeness (QED) is 0.164. The predicted molar refractivity (Wildman–Crippen MR) is 286 cm³/mol. The zero-order chi connectivity index (χ0) is 46.2. The van der Waals surface area contributed by atoms with Crippen LogP contribution in [-0.4, -0.2) is 33.1 Å². The van der Waals surface area contributed by atoms with Crippen LogP contribution in [-0.2, 0) is 10.8 Å². The number of aryl methyl sites for hydroxylation is 1. The number of hydrogen-bond acceptors (Lipinski definition) is 8. The molecule has 0 amide bonds. The lowest BCUT2D eigenvalue weighted by atomic mass is 9.39. The van der Waals surface area contributed by atoms with Crippen LogP contribution in [0, 0.1) is 6.92 Å². The highest BCUT2D eigenvalue weighted by Crippen LogP contribution is 2.56. The summed E-state index contributed by atoms with van der Waals surface area (Å²) in [6.45, 7) is 18.1. The maximum Gasteiger partial charge on any atom is 0.277 e. The molecule has 6 nitrogen and oxygen atoms in total. The van der Waals surface area contributed by atoms with E-state index < -0.39 is 0 Å². The van der Waals surface area contributed by atoms with Crippen molar-refractivity contribution in [3.8, 4) is 45.3 Å². The highest BCUT2D eigenvalue weighted by Gasteiger charge is 2.48. The van der Waals surface area contributed by atoms with Crippen LogP contribution in [0.25, 0.3) is 42.4 Å². The van der Waals surface area contributed by atoms with Crippen molar-refractivity contribution in [3.63, 3.8) is 0 Å². The zero-order valence-electron chi connectivity index (χ0n) is 39.5. The molecule has 0 saturated carbocycles. The maximum absolute atomic E-state index is 6.47. The minimum Gasteiger partial charge on any atom is -0.486 e. The van der Waals surface area contributed by atoms with Gasteiger partial charge in [0.2, 0.25) is 0 Å². The molecule has 68 heavy (non-hydrogen) atoms. The summed E-state index contributed by atoms with van der Waals surface area (Å²) < 4.78 is 30.8. The van der Waals surface area contributed by atoms with Crippen LogP contribution in [0.2, 0.25) is 0 Å². The topological polar surface area (TPSA) is 43.4 Å². The van der Waals surface area contributed by atoms with Gasteiger partial charge in [-0.2, -0.15) is 0 Å². The van der Waals surface area contributed by atoms with Gasteiger partial charge in [-0.3, -0.25) is 0 Å². The average Bonchev–Trinajstić information content (AvgIpc) is 3.91. The second-order valence-corrected chi connectivity index (χ2v) is 22.8. The molecular weight excluding hydrogens is 876 g/mol. The molecule has 0 atom stereocenters. The number of thiophene rings is 2. The van der Waals surface area contributed by atoms with Crippen LogP contribution in [0.5, 0.6) is 23.0 Å². The first kappa shape index (κ1) is 41.5. The fourth-order valence-corrected chi connectivity index (χ4v) is 13.4. The van der Waals surface area contributed by atoms with Crippen LogP contribution in [0.4, 0.5) is 34.1 Å². The largest absolute Gasteiger partial charge is 0.486 e. The summed E-state index contributed by atoms with van der Waals surface area (Å²) in [5.41, 5.74) is 16.3. The molecular formula is C59H51BN2O4S2. The van der Waals surface area contributed by atoms with Crippen LogP contribution < -0.4 is 43.8 Å². The molecule has 0 spiro atoms. The van der Waals surface area contributed by atoms with Gasteiger partial charge in [0.25, 0.3) is 6.71 Å². The van der Waals surface area contributed by atoms with E-state index in [0.29, 0.717) is 26.4 Å². The molecule has 13 rings (SSSR count). The Hall–Kier alpha value is -6.68. The fraction of sp³-hybridized carbons (Fsp3) is 0.220. The van der Waals surface area contributed by atoms with Gasteiger partial charge in [-0.1, -0.05) is 114 Å². The van der Waals surface area contributed by atoms with Crippen LogP contribution in [0.3, 0.4) is 0 Å². The smallest absolute Gasteiger partial charge is 0.277 e. The highest BCUT2D eigenvalue weighted by atomic mass is 32.1. The van der Waals surface area contributed by atoms with Gasteiger partial charge in [0, 0.05) is 64.4 Å². The molecule has 0 bridgehead atoms. The molecule has 0 aliphatic carbocycles. The molecule has 2 aromatic heterocycles. The third kappa shape index (κ3) is 6.42. The summed E-state index contributed by atoms with van der Waals surface area (Å²) in [7, 11) is 0. The summed E-state index contributed by atoms with van der Waals surface area (Å²) in [6, 6.07) is 49.6. The van der Waals surface area contributed by atoms with E-state index in [4.69, 9.17) is 18.9 Å². The maximum atomic E-state index is 6.47. The summed E-state index contributed by atoms with van der Waals surface area (Å²) in [4.78, 5) is 5.17. The van der Waals surface area contributed by atoms with E-state index >= 15 is 0 Å². The van der Waals surface area contributed by atoms with E-state index in [1.54, 1.807) is 0 Å². The van der Waals surface area contributed by atoms with Crippen LogP contribution >= 0.6 is 22.7 Å². The number of fused-ring (bicyclic) bond motifs is 10. The molecule has 4 aliphatic heterocycles. The summed E-state index contributed by atoms with van der Waals surface area (Å²) in [5, 5.41) is 2.52. The van der Waals surface area contributed by atoms with Crippen molar-refractivity contribution in [2.24, 2.45) is 0 Å². The first-order chi connectivity index (χ1) is 32.9. The molecule has 0 saturated heterocycles. The third-order valence-electron chi connectivity index (χ3n) is 14.1. The van der Waals surface area contributed by atoms with Crippen molar-refractivity contribution in [1.29, 1.82) is 0 Å². The number of rotatable bonds is 4. The highest BCUT2D eigenvalue weighted by molar-refractivity contribution is 7.40. The lowest BCUT2D eigenvalue weighted by Gasteiger charge is -2.43. The first-order valence-electron chi connectivity index (χ1n) is 23.8. The Morgan fingerprint density at radius 2 is 0.853 bits per heavy atom. The molecule has 0 radical (unpaired) electrons. The average molecular weight is 927 g/mol. The number of benzene rings is 7. The van der Waals surface area contributed by atoms with Gasteiger partial charge in [0.15, 0.2) is 23.0 Å². The van der Waals surface area contributed by atoms with Gasteiger partial charge < -0.3 is 28.7 Å². The second kappa shape index (κ2) is 15.2.